The van der Waals surface area contributed by atoms with E-state index in [0.717, 1.165) is 35.6 Å². The van der Waals surface area contributed by atoms with Crippen molar-refractivity contribution in [3.63, 3.8) is 0 Å². The highest BCUT2D eigenvalue weighted by Gasteiger charge is 2.05. The fourth-order valence-electron chi connectivity index (χ4n) is 1.83. The van der Waals surface area contributed by atoms with Gasteiger partial charge in [-0.1, -0.05) is 37.3 Å². The Morgan fingerprint density at radius 2 is 2.00 bits per heavy atom. The van der Waals surface area contributed by atoms with Crippen molar-refractivity contribution in [1.82, 2.24) is 10.2 Å². The van der Waals surface area contributed by atoms with E-state index in [-0.39, 0.29) is 5.91 Å². The molecule has 0 spiro atoms. The lowest BCUT2D eigenvalue weighted by Gasteiger charge is -2.03. The first kappa shape index (κ1) is 17.1. The number of rotatable bonds is 8. The van der Waals surface area contributed by atoms with Gasteiger partial charge in [-0.05, 0) is 36.6 Å². The molecular formula is C17H21N3O2S. The Hall–Kier alpha value is -2.21. The molecule has 0 aliphatic carbocycles. The van der Waals surface area contributed by atoms with Gasteiger partial charge in [-0.15, -0.1) is 10.2 Å². The van der Waals surface area contributed by atoms with Gasteiger partial charge in [0.05, 0.1) is 6.61 Å². The smallest absolute Gasteiger partial charge is 0.250 e. The summed E-state index contributed by atoms with van der Waals surface area (Å²) in [4.78, 5) is 11.9. The second-order valence-corrected chi connectivity index (χ2v) is 6.05. The van der Waals surface area contributed by atoms with E-state index < -0.39 is 0 Å². The summed E-state index contributed by atoms with van der Waals surface area (Å²) in [5.41, 5.74) is 0.938. The van der Waals surface area contributed by atoms with Crippen LogP contribution < -0.4 is 10.1 Å². The summed E-state index contributed by atoms with van der Waals surface area (Å²) in [6.45, 7) is 4.86. The first-order chi connectivity index (χ1) is 11.2. The third-order valence-electron chi connectivity index (χ3n) is 2.94. The van der Waals surface area contributed by atoms with E-state index in [1.165, 1.54) is 17.4 Å². The van der Waals surface area contributed by atoms with Gasteiger partial charge in [0.1, 0.15) is 10.8 Å². The average molecular weight is 331 g/mol. The number of carbonyl (C=O) groups excluding carboxylic acids is 1. The zero-order chi connectivity index (χ0) is 16.5. The van der Waals surface area contributed by atoms with E-state index in [9.17, 15) is 4.79 Å². The lowest BCUT2D eigenvalue weighted by atomic mass is 10.2. The quantitative estimate of drug-likeness (QED) is 0.744. The minimum atomic E-state index is -0.212. The lowest BCUT2D eigenvalue weighted by molar-refractivity contribution is -0.111. The third-order valence-corrected chi connectivity index (χ3v) is 3.84. The van der Waals surface area contributed by atoms with Crippen LogP contribution in [0.3, 0.4) is 0 Å². The van der Waals surface area contributed by atoms with Crippen LogP contribution in [0.1, 0.15) is 37.3 Å². The number of aromatic nitrogens is 2. The van der Waals surface area contributed by atoms with Gasteiger partial charge < -0.3 is 4.74 Å². The van der Waals surface area contributed by atoms with Crippen LogP contribution in [0.15, 0.2) is 30.3 Å². The summed E-state index contributed by atoms with van der Waals surface area (Å²) >= 11 is 1.41. The molecule has 1 aromatic heterocycles. The first-order valence-corrected chi connectivity index (χ1v) is 8.57. The summed E-state index contributed by atoms with van der Waals surface area (Å²) in [5, 5.41) is 12.2. The molecule has 0 radical (unpaired) electrons. The van der Waals surface area contributed by atoms with Crippen LogP contribution in [0.25, 0.3) is 6.08 Å². The van der Waals surface area contributed by atoms with E-state index in [4.69, 9.17) is 4.74 Å². The molecule has 1 aromatic carbocycles. The Balaban J connectivity index is 1.87. The van der Waals surface area contributed by atoms with Crippen LogP contribution in [0.5, 0.6) is 5.75 Å². The van der Waals surface area contributed by atoms with Crippen molar-refractivity contribution in [2.45, 2.75) is 33.1 Å². The summed E-state index contributed by atoms with van der Waals surface area (Å²) in [5.74, 6) is 0.626. The van der Waals surface area contributed by atoms with E-state index >= 15 is 0 Å². The Labute approximate surface area is 140 Å². The minimum absolute atomic E-state index is 0.212. The molecule has 0 aliphatic rings. The van der Waals surface area contributed by atoms with Crippen molar-refractivity contribution in [2.24, 2.45) is 0 Å². The number of amides is 1. The van der Waals surface area contributed by atoms with Crippen LogP contribution >= 0.6 is 11.3 Å². The average Bonchev–Trinajstić information content (AvgIpc) is 2.99. The van der Waals surface area contributed by atoms with Crippen LogP contribution in [0.2, 0.25) is 0 Å². The molecular weight excluding hydrogens is 310 g/mol. The Bertz CT molecular complexity index is 650. The van der Waals surface area contributed by atoms with Crippen molar-refractivity contribution < 1.29 is 9.53 Å². The van der Waals surface area contributed by atoms with Gasteiger partial charge in [0.25, 0.3) is 0 Å². The number of carbonyl (C=O) groups is 1. The highest BCUT2D eigenvalue weighted by atomic mass is 32.1. The van der Waals surface area contributed by atoms with Gasteiger partial charge in [-0.2, -0.15) is 0 Å². The number of anilines is 1. The molecule has 0 saturated carbocycles. The second-order valence-electron chi connectivity index (χ2n) is 4.99. The predicted octanol–water partition coefficient (Wildman–Crippen LogP) is 3.93. The highest BCUT2D eigenvalue weighted by Crippen LogP contribution is 2.17. The lowest BCUT2D eigenvalue weighted by Crippen LogP contribution is -2.07. The van der Waals surface area contributed by atoms with Crippen LogP contribution in [-0.2, 0) is 11.2 Å². The van der Waals surface area contributed by atoms with Crippen molar-refractivity contribution >= 4 is 28.5 Å². The third kappa shape index (κ3) is 5.83. The summed E-state index contributed by atoms with van der Waals surface area (Å²) in [6, 6.07) is 7.63. The Morgan fingerprint density at radius 3 is 2.70 bits per heavy atom. The van der Waals surface area contributed by atoms with Crippen molar-refractivity contribution in [1.29, 1.82) is 0 Å². The van der Waals surface area contributed by atoms with Crippen molar-refractivity contribution in [3.8, 4) is 5.75 Å². The number of benzene rings is 1. The topological polar surface area (TPSA) is 64.1 Å². The van der Waals surface area contributed by atoms with E-state index in [0.29, 0.717) is 11.7 Å². The standard InChI is InChI=1S/C17H21N3O2S/c1-3-5-16-19-20-17(23-16)18-15(21)11-8-13-6-9-14(10-7-13)22-12-4-2/h6-11H,3-5,12H2,1-2H3,(H,18,20,21)/b11-8+. The molecule has 5 nitrogen and oxygen atoms in total. The second kappa shape index (κ2) is 9.05. The van der Waals surface area contributed by atoms with Gasteiger partial charge in [0.15, 0.2) is 0 Å². The zero-order valence-corrected chi connectivity index (χ0v) is 14.2. The molecule has 122 valence electrons. The zero-order valence-electron chi connectivity index (χ0n) is 13.4. The van der Waals surface area contributed by atoms with Gasteiger partial charge in [0, 0.05) is 12.5 Å². The van der Waals surface area contributed by atoms with Gasteiger partial charge in [-0.25, -0.2) is 0 Å². The van der Waals surface area contributed by atoms with Crippen LogP contribution in [0.4, 0.5) is 5.13 Å². The normalized spacial score (nSPS) is 10.9. The predicted molar refractivity (Wildman–Crippen MR) is 93.8 cm³/mol. The molecule has 6 heteroatoms. The van der Waals surface area contributed by atoms with E-state index in [1.807, 2.05) is 24.3 Å². The number of ether oxygens (including phenoxy) is 1. The maximum absolute atomic E-state index is 11.9. The van der Waals surface area contributed by atoms with E-state index in [2.05, 4.69) is 29.4 Å². The SMILES string of the molecule is CCCOc1ccc(/C=C/C(=O)Nc2nnc(CCC)s2)cc1. The van der Waals surface area contributed by atoms with Crippen LogP contribution in [0, 0.1) is 0 Å². The fourth-order valence-corrected chi connectivity index (χ4v) is 2.68. The summed E-state index contributed by atoms with van der Waals surface area (Å²) in [7, 11) is 0. The molecule has 1 amide bonds. The van der Waals surface area contributed by atoms with Crippen molar-refractivity contribution in [2.75, 3.05) is 11.9 Å². The maximum Gasteiger partial charge on any atom is 0.250 e. The minimum Gasteiger partial charge on any atom is -0.494 e. The molecule has 0 fully saturated rings. The summed E-state index contributed by atoms with van der Waals surface area (Å²) in [6.07, 6.45) is 6.12. The Kier molecular flexibility index (Phi) is 6.75. The number of hydrogen-bond donors (Lipinski definition) is 1. The van der Waals surface area contributed by atoms with Crippen molar-refractivity contribution in [3.05, 3.63) is 40.9 Å². The summed E-state index contributed by atoms with van der Waals surface area (Å²) < 4.78 is 5.52. The first-order valence-electron chi connectivity index (χ1n) is 7.75. The molecule has 23 heavy (non-hydrogen) atoms. The number of aryl methyl sites for hydroxylation is 1. The van der Waals surface area contributed by atoms with Gasteiger partial charge in [0.2, 0.25) is 11.0 Å². The molecule has 0 saturated heterocycles. The number of nitrogens with one attached hydrogen (secondary N) is 1. The molecule has 2 rings (SSSR count). The maximum atomic E-state index is 11.9. The van der Waals surface area contributed by atoms with Gasteiger partial charge >= 0.3 is 0 Å². The van der Waals surface area contributed by atoms with Crippen LogP contribution in [-0.4, -0.2) is 22.7 Å². The molecule has 0 bridgehead atoms. The largest absolute Gasteiger partial charge is 0.494 e. The number of hydrogen-bond acceptors (Lipinski definition) is 5. The molecule has 1 heterocycles. The fraction of sp³-hybridized carbons (Fsp3) is 0.353. The molecule has 0 aliphatic heterocycles. The van der Waals surface area contributed by atoms with E-state index in [1.54, 1.807) is 6.08 Å². The molecule has 0 atom stereocenters. The molecule has 0 unspecified atom stereocenters. The van der Waals surface area contributed by atoms with Gasteiger partial charge in [-0.3, -0.25) is 10.1 Å². The monoisotopic (exact) mass is 331 g/mol. The molecule has 1 N–H and O–H groups in total. The Morgan fingerprint density at radius 1 is 1.22 bits per heavy atom. The highest BCUT2D eigenvalue weighted by molar-refractivity contribution is 7.15. The number of nitrogens with zero attached hydrogens (tertiary/aromatic N) is 2. The molecule has 2 aromatic rings.